The van der Waals surface area contributed by atoms with Gasteiger partial charge in [-0.05, 0) is 42.5 Å². The van der Waals surface area contributed by atoms with E-state index in [-0.39, 0.29) is 6.29 Å². The lowest BCUT2D eigenvalue weighted by Crippen LogP contribution is -2.33. The molecule has 0 aromatic heterocycles. The van der Waals surface area contributed by atoms with Gasteiger partial charge in [-0.15, -0.1) is 0 Å². The topological polar surface area (TPSA) is 30.5 Å². The molecular formula is C16H20ClNO2. The molecule has 0 amide bonds. The van der Waals surface area contributed by atoms with Gasteiger partial charge in [-0.2, -0.15) is 0 Å². The van der Waals surface area contributed by atoms with Gasteiger partial charge in [0.15, 0.2) is 6.29 Å². The van der Waals surface area contributed by atoms with Crippen LogP contribution in [-0.2, 0) is 9.47 Å². The van der Waals surface area contributed by atoms with Crippen molar-refractivity contribution in [3.8, 4) is 0 Å². The second kappa shape index (κ2) is 6.72. The van der Waals surface area contributed by atoms with Gasteiger partial charge in [-0.3, -0.25) is 0 Å². The molecule has 20 heavy (non-hydrogen) atoms. The first-order valence-corrected chi connectivity index (χ1v) is 7.60. The Morgan fingerprint density at radius 1 is 1.20 bits per heavy atom. The van der Waals surface area contributed by atoms with Gasteiger partial charge >= 0.3 is 0 Å². The maximum absolute atomic E-state index is 6.07. The standard InChI is InChI=1S/C16H20ClNO2/c17-14-3-1-2-12(10-14)13-6-7-18-15(11-13)4-5-16-19-8-9-20-16/h1-3,6,10,15-16,18H,4-5,7-9,11H2. The van der Waals surface area contributed by atoms with Crippen LogP contribution in [0, 0.1) is 0 Å². The number of nitrogens with one attached hydrogen (secondary N) is 1. The highest BCUT2D eigenvalue weighted by atomic mass is 35.5. The summed E-state index contributed by atoms with van der Waals surface area (Å²) in [6.07, 6.45) is 5.32. The molecule has 1 N–H and O–H groups in total. The summed E-state index contributed by atoms with van der Waals surface area (Å²) in [6, 6.07) is 8.58. The third-order valence-corrected chi connectivity index (χ3v) is 4.09. The van der Waals surface area contributed by atoms with Crippen LogP contribution in [0.25, 0.3) is 5.57 Å². The first-order valence-electron chi connectivity index (χ1n) is 7.23. The van der Waals surface area contributed by atoms with Crippen molar-refractivity contribution < 1.29 is 9.47 Å². The highest BCUT2D eigenvalue weighted by Gasteiger charge is 2.20. The van der Waals surface area contributed by atoms with Crippen LogP contribution in [0.3, 0.4) is 0 Å². The molecule has 0 aliphatic carbocycles. The fourth-order valence-corrected chi connectivity index (χ4v) is 3.00. The van der Waals surface area contributed by atoms with E-state index in [1.54, 1.807) is 0 Å². The molecule has 0 radical (unpaired) electrons. The predicted molar refractivity (Wildman–Crippen MR) is 80.8 cm³/mol. The molecule has 2 aliphatic rings. The van der Waals surface area contributed by atoms with Crippen LogP contribution in [0.4, 0.5) is 0 Å². The van der Waals surface area contributed by atoms with Crippen LogP contribution in [-0.4, -0.2) is 32.1 Å². The largest absolute Gasteiger partial charge is 0.350 e. The monoisotopic (exact) mass is 293 g/mol. The van der Waals surface area contributed by atoms with Gasteiger partial charge in [0, 0.05) is 17.6 Å². The molecular weight excluding hydrogens is 274 g/mol. The van der Waals surface area contributed by atoms with E-state index in [0.29, 0.717) is 6.04 Å². The molecule has 108 valence electrons. The van der Waals surface area contributed by atoms with Gasteiger partial charge < -0.3 is 14.8 Å². The van der Waals surface area contributed by atoms with Gasteiger partial charge in [-0.25, -0.2) is 0 Å². The summed E-state index contributed by atoms with van der Waals surface area (Å²) in [6.45, 7) is 2.38. The molecule has 1 atom stereocenters. The number of halogens is 1. The Hall–Kier alpha value is -0.870. The lowest BCUT2D eigenvalue weighted by molar-refractivity contribution is -0.0490. The summed E-state index contributed by atoms with van der Waals surface area (Å²) in [5.41, 5.74) is 2.61. The summed E-state index contributed by atoms with van der Waals surface area (Å²) in [5.74, 6) is 0. The lowest BCUT2D eigenvalue weighted by Gasteiger charge is -2.25. The van der Waals surface area contributed by atoms with Crippen molar-refractivity contribution in [2.24, 2.45) is 0 Å². The number of rotatable bonds is 4. The van der Waals surface area contributed by atoms with Gasteiger partial charge in [0.1, 0.15) is 0 Å². The summed E-state index contributed by atoms with van der Waals surface area (Å²) < 4.78 is 11.0. The minimum atomic E-state index is -0.00248. The van der Waals surface area contributed by atoms with E-state index in [1.807, 2.05) is 18.2 Å². The van der Waals surface area contributed by atoms with E-state index < -0.39 is 0 Å². The highest BCUT2D eigenvalue weighted by molar-refractivity contribution is 6.30. The minimum Gasteiger partial charge on any atom is -0.350 e. The second-order valence-electron chi connectivity index (χ2n) is 5.30. The van der Waals surface area contributed by atoms with Crippen LogP contribution in [0.15, 0.2) is 30.3 Å². The zero-order chi connectivity index (χ0) is 13.8. The van der Waals surface area contributed by atoms with Crippen molar-refractivity contribution in [3.05, 3.63) is 40.9 Å². The average molecular weight is 294 g/mol. The third-order valence-electron chi connectivity index (χ3n) is 3.86. The molecule has 1 unspecified atom stereocenters. The summed E-state index contributed by atoms with van der Waals surface area (Å²) in [7, 11) is 0. The van der Waals surface area contributed by atoms with Gasteiger partial charge in [0.2, 0.25) is 0 Å². The molecule has 1 aromatic rings. The maximum atomic E-state index is 6.07. The van der Waals surface area contributed by atoms with Crippen LogP contribution in [0.2, 0.25) is 5.02 Å². The zero-order valence-electron chi connectivity index (χ0n) is 11.5. The molecule has 2 heterocycles. The highest BCUT2D eigenvalue weighted by Crippen LogP contribution is 2.26. The molecule has 1 saturated heterocycles. The molecule has 3 rings (SSSR count). The van der Waals surface area contributed by atoms with Crippen molar-refractivity contribution in [2.45, 2.75) is 31.6 Å². The second-order valence-corrected chi connectivity index (χ2v) is 5.73. The van der Waals surface area contributed by atoms with Gasteiger partial charge in [-0.1, -0.05) is 29.8 Å². The van der Waals surface area contributed by atoms with Crippen LogP contribution in [0.1, 0.15) is 24.8 Å². The Kier molecular flexibility index (Phi) is 4.73. The molecule has 2 aliphatic heterocycles. The molecule has 4 heteroatoms. The predicted octanol–water partition coefficient (Wildman–Crippen LogP) is 3.24. The van der Waals surface area contributed by atoms with Crippen LogP contribution < -0.4 is 5.32 Å². The van der Waals surface area contributed by atoms with E-state index in [4.69, 9.17) is 21.1 Å². The molecule has 3 nitrogen and oxygen atoms in total. The Morgan fingerprint density at radius 2 is 2.05 bits per heavy atom. The van der Waals surface area contributed by atoms with Crippen LogP contribution in [0.5, 0.6) is 0 Å². The van der Waals surface area contributed by atoms with Gasteiger partial charge in [0.25, 0.3) is 0 Å². The van der Waals surface area contributed by atoms with Crippen molar-refractivity contribution in [1.29, 1.82) is 0 Å². The maximum Gasteiger partial charge on any atom is 0.157 e. The SMILES string of the molecule is Clc1cccc(C2=CCNC(CCC3OCCO3)C2)c1. The van der Waals surface area contributed by atoms with E-state index in [9.17, 15) is 0 Å². The Balaban J connectivity index is 1.56. The molecule has 0 spiro atoms. The van der Waals surface area contributed by atoms with Crippen molar-refractivity contribution >= 4 is 17.2 Å². The molecule has 1 fully saturated rings. The number of hydrogen-bond acceptors (Lipinski definition) is 3. The normalized spacial score (nSPS) is 23.9. The first-order chi connectivity index (χ1) is 9.81. The van der Waals surface area contributed by atoms with Crippen molar-refractivity contribution in [3.63, 3.8) is 0 Å². The number of ether oxygens (including phenoxy) is 2. The fourth-order valence-electron chi connectivity index (χ4n) is 2.81. The summed E-state index contributed by atoms with van der Waals surface area (Å²) >= 11 is 6.07. The van der Waals surface area contributed by atoms with E-state index in [1.165, 1.54) is 11.1 Å². The smallest absolute Gasteiger partial charge is 0.157 e. The van der Waals surface area contributed by atoms with E-state index in [2.05, 4.69) is 17.5 Å². The van der Waals surface area contributed by atoms with Crippen molar-refractivity contribution in [1.82, 2.24) is 5.32 Å². The third kappa shape index (κ3) is 3.61. The van der Waals surface area contributed by atoms with Crippen LogP contribution >= 0.6 is 11.6 Å². The Morgan fingerprint density at radius 3 is 2.85 bits per heavy atom. The first kappa shape index (κ1) is 14.1. The van der Waals surface area contributed by atoms with Gasteiger partial charge in [0.05, 0.1) is 13.2 Å². The quantitative estimate of drug-likeness (QED) is 0.924. The van der Waals surface area contributed by atoms with E-state index in [0.717, 1.165) is 44.0 Å². The zero-order valence-corrected chi connectivity index (χ0v) is 12.2. The molecule has 0 bridgehead atoms. The van der Waals surface area contributed by atoms with Crippen molar-refractivity contribution in [2.75, 3.05) is 19.8 Å². The molecule has 0 saturated carbocycles. The lowest BCUT2D eigenvalue weighted by atomic mass is 9.93. The number of benzene rings is 1. The molecule has 1 aromatic carbocycles. The fraction of sp³-hybridized carbons (Fsp3) is 0.500. The average Bonchev–Trinajstić information content (AvgIpc) is 2.99. The van der Waals surface area contributed by atoms with E-state index >= 15 is 0 Å². The number of hydrogen-bond donors (Lipinski definition) is 1. The summed E-state index contributed by atoms with van der Waals surface area (Å²) in [5, 5.41) is 4.33. The Bertz CT molecular complexity index is 483. The Labute approximate surface area is 124 Å². The summed E-state index contributed by atoms with van der Waals surface area (Å²) in [4.78, 5) is 0. The minimum absolute atomic E-state index is 0.00248.